The van der Waals surface area contributed by atoms with Gasteiger partial charge in [-0.05, 0) is 31.2 Å². The molecule has 2 rings (SSSR count). The van der Waals surface area contributed by atoms with Crippen LogP contribution >= 0.6 is 0 Å². The van der Waals surface area contributed by atoms with Crippen LogP contribution in [-0.2, 0) is 12.8 Å². The predicted octanol–water partition coefficient (Wildman–Crippen LogP) is 2.06. The Morgan fingerprint density at radius 2 is 2.00 bits per heavy atom. The third-order valence-corrected chi connectivity index (χ3v) is 2.88. The van der Waals surface area contributed by atoms with E-state index >= 15 is 0 Å². The molecule has 0 amide bonds. The quantitative estimate of drug-likeness (QED) is 0.793. The van der Waals surface area contributed by atoms with E-state index in [1.54, 1.807) is 6.07 Å². The van der Waals surface area contributed by atoms with E-state index in [4.69, 9.17) is 5.26 Å². The summed E-state index contributed by atoms with van der Waals surface area (Å²) in [6.45, 7) is 0. The Labute approximate surface area is 90.7 Å². The van der Waals surface area contributed by atoms with Crippen LogP contribution in [0.5, 0.6) is 0 Å². The molecule has 1 aromatic heterocycles. The Hall–Kier alpha value is -1.70. The van der Waals surface area contributed by atoms with E-state index in [-0.39, 0.29) is 5.56 Å². The van der Waals surface area contributed by atoms with Gasteiger partial charge in [-0.3, -0.25) is 4.79 Å². The molecule has 16 heavy (non-hydrogen) atoms. The van der Waals surface area contributed by atoms with Crippen molar-refractivity contribution in [1.29, 1.82) is 5.26 Å². The number of pyridine rings is 1. The molecule has 1 N–H and O–H groups in total. The summed E-state index contributed by atoms with van der Waals surface area (Å²) in [5.74, 6) is 0. The smallest absolute Gasteiger partial charge is 0.266 e. The summed E-state index contributed by atoms with van der Waals surface area (Å²) >= 11 is 0. The molecule has 0 bridgehead atoms. The number of nitrogens with one attached hydrogen (secondary N) is 1. The van der Waals surface area contributed by atoms with Gasteiger partial charge in [0.25, 0.3) is 12.0 Å². The SMILES string of the molecule is N#Cc1c(C(F)F)c2c([nH]c1=O)CCCC2. The van der Waals surface area contributed by atoms with Gasteiger partial charge in [0.05, 0.1) is 0 Å². The third-order valence-electron chi connectivity index (χ3n) is 2.88. The third kappa shape index (κ3) is 1.60. The average Bonchev–Trinajstić information content (AvgIpc) is 2.26. The molecule has 0 aliphatic heterocycles. The van der Waals surface area contributed by atoms with Crippen LogP contribution in [0.15, 0.2) is 4.79 Å². The summed E-state index contributed by atoms with van der Waals surface area (Å²) in [4.78, 5) is 14.0. The number of alkyl halides is 2. The summed E-state index contributed by atoms with van der Waals surface area (Å²) in [5, 5.41) is 8.75. The van der Waals surface area contributed by atoms with Crippen LogP contribution in [0.25, 0.3) is 0 Å². The fraction of sp³-hybridized carbons (Fsp3) is 0.455. The van der Waals surface area contributed by atoms with Gasteiger partial charge in [-0.25, -0.2) is 8.78 Å². The normalized spacial score (nSPS) is 14.6. The minimum Gasteiger partial charge on any atom is -0.325 e. The predicted molar refractivity (Wildman–Crippen MR) is 53.4 cm³/mol. The molecule has 1 aliphatic carbocycles. The topological polar surface area (TPSA) is 56.6 Å². The van der Waals surface area contributed by atoms with Crippen molar-refractivity contribution < 1.29 is 8.78 Å². The van der Waals surface area contributed by atoms with E-state index < -0.39 is 17.5 Å². The molecule has 0 unspecified atom stereocenters. The average molecular weight is 224 g/mol. The number of rotatable bonds is 1. The highest BCUT2D eigenvalue weighted by Crippen LogP contribution is 2.30. The van der Waals surface area contributed by atoms with Crippen molar-refractivity contribution in [3.63, 3.8) is 0 Å². The maximum Gasteiger partial charge on any atom is 0.266 e. The number of aromatic nitrogens is 1. The number of nitriles is 1. The molecule has 1 aromatic rings. The van der Waals surface area contributed by atoms with Gasteiger partial charge in [-0.15, -0.1) is 0 Å². The molecule has 0 saturated carbocycles. The number of hydrogen-bond donors (Lipinski definition) is 1. The number of aryl methyl sites for hydroxylation is 1. The Bertz CT molecular complexity index is 514. The first-order chi connectivity index (χ1) is 7.65. The summed E-state index contributed by atoms with van der Waals surface area (Å²) in [7, 11) is 0. The molecule has 1 heterocycles. The maximum absolute atomic E-state index is 12.9. The number of nitrogens with zero attached hydrogens (tertiary/aromatic N) is 1. The first-order valence-electron chi connectivity index (χ1n) is 5.11. The maximum atomic E-state index is 12.9. The molecular formula is C11H10F2N2O. The summed E-state index contributed by atoms with van der Waals surface area (Å²) in [6, 6.07) is 1.57. The first-order valence-corrected chi connectivity index (χ1v) is 5.11. The number of hydrogen-bond acceptors (Lipinski definition) is 2. The van der Waals surface area contributed by atoms with Crippen molar-refractivity contribution in [2.45, 2.75) is 32.1 Å². The van der Waals surface area contributed by atoms with Gasteiger partial charge in [-0.2, -0.15) is 5.26 Å². The zero-order chi connectivity index (χ0) is 11.7. The molecule has 1 aliphatic rings. The lowest BCUT2D eigenvalue weighted by atomic mass is 9.90. The van der Waals surface area contributed by atoms with Crippen LogP contribution in [0.4, 0.5) is 8.78 Å². The van der Waals surface area contributed by atoms with Gasteiger partial charge in [0, 0.05) is 11.3 Å². The molecule has 3 nitrogen and oxygen atoms in total. The van der Waals surface area contributed by atoms with Crippen LogP contribution in [0.3, 0.4) is 0 Å². The highest BCUT2D eigenvalue weighted by molar-refractivity contribution is 5.44. The Balaban J connectivity index is 2.75. The van der Waals surface area contributed by atoms with E-state index in [9.17, 15) is 13.6 Å². The standard InChI is InChI=1S/C11H10F2N2O/c12-10(13)9-6-3-1-2-4-8(6)15-11(16)7(9)5-14/h10H,1-4H2,(H,15,16). The molecule has 0 radical (unpaired) electrons. The molecule has 0 spiro atoms. The van der Waals surface area contributed by atoms with Crippen molar-refractivity contribution in [2.24, 2.45) is 0 Å². The Morgan fingerprint density at radius 3 is 2.62 bits per heavy atom. The van der Waals surface area contributed by atoms with Gasteiger partial charge < -0.3 is 4.98 Å². The highest BCUT2D eigenvalue weighted by Gasteiger charge is 2.25. The van der Waals surface area contributed by atoms with Crippen molar-refractivity contribution >= 4 is 0 Å². The molecule has 0 fully saturated rings. The molecule has 0 atom stereocenters. The fourth-order valence-corrected chi connectivity index (χ4v) is 2.17. The summed E-state index contributed by atoms with van der Waals surface area (Å²) in [5.41, 5.74) is -0.446. The molecule has 0 aromatic carbocycles. The second-order valence-electron chi connectivity index (χ2n) is 3.82. The zero-order valence-electron chi connectivity index (χ0n) is 8.52. The highest BCUT2D eigenvalue weighted by atomic mass is 19.3. The first kappa shape index (κ1) is 10.8. The summed E-state index contributed by atoms with van der Waals surface area (Å²) < 4.78 is 25.8. The van der Waals surface area contributed by atoms with E-state index in [1.807, 2.05) is 0 Å². The van der Waals surface area contributed by atoms with E-state index in [0.29, 0.717) is 24.1 Å². The largest absolute Gasteiger partial charge is 0.325 e. The summed E-state index contributed by atoms with van der Waals surface area (Å²) in [6.07, 6.45) is 0.0706. The number of aromatic amines is 1. The lowest BCUT2D eigenvalue weighted by molar-refractivity contribution is 0.149. The van der Waals surface area contributed by atoms with E-state index in [1.165, 1.54) is 0 Å². The van der Waals surface area contributed by atoms with E-state index in [0.717, 1.165) is 12.8 Å². The molecule has 5 heteroatoms. The van der Waals surface area contributed by atoms with Gasteiger partial charge in [0.1, 0.15) is 11.6 Å². The second-order valence-corrected chi connectivity index (χ2v) is 3.82. The monoisotopic (exact) mass is 224 g/mol. The fourth-order valence-electron chi connectivity index (χ4n) is 2.17. The van der Waals surface area contributed by atoms with Gasteiger partial charge >= 0.3 is 0 Å². The Morgan fingerprint density at radius 1 is 1.31 bits per heavy atom. The van der Waals surface area contributed by atoms with Gasteiger partial charge in [-0.1, -0.05) is 0 Å². The van der Waals surface area contributed by atoms with Gasteiger partial charge in [0.15, 0.2) is 0 Å². The van der Waals surface area contributed by atoms with Crippen LogP contribution in [-0.4, -0.2) is 4.98 Å². The lowest BCUT2D eigenvalue weighted by Gasteiger charge is -2.19. The molecule has 0 saturated heterocycles. The van der Waals surface area contributed by atoms with Crippen molar-refractivity contribution in [3.8, 4) is 6.07 Å². The van der Waals surface area contributed by atoms with Crippen LogP contribution in [0.1, 0.15) is 41.7 Å². The number of H-pyrrole nitrogens is 1. The molecule has 84 valence electrons. The second kappa shape index (κ2) is 4.05. The lowest BCUT2D eigenvalue weighted by Crippen LogP contribution is -2.21. The van der Waals surface area contributed by atoms with E-state index in [2.05, 4.69) is 4.98 Å². The van der Waals surface area contributed by atoms with Crippen molar-refractivity contribution in [1.82, 2.24) is 4.98 Å². The minimum absolute atomic E-state index is 0.360. The van der Waals surface area contributed by atoms with Crippen LogP contribution in [0.2, 0.25) is 0 Å². The van der Waals surface area contributed by atoms with Crippen LogP contribution in [0, 0.1) is 11.3 Å². The zero-order valence-corrected chi connectivity index (χ0v) is 8.52. The molecular weight excluding hydrogens is 214 g/mol. The van der Waals surface area contributed by atoms with Crippen molar-refractivity contribution in [2.75, 3.05) is 0 Å². The minimum atomic E-state index is -2.76. The Kier molecular flexibility index (Phi) is 2.73. The van der Waals surface area contributed by atoms with Crippen molar-refractivity contribution in [3.05, 3.63) is 32.7 Å². The van der Waals surface area contributed by atoms with Gasteiger partial charge in [0.2, 0.25) is 0 Å². The number of halogens is 2. The number of fused-ring (bicyclic) bond motifs is 1. The van der Waals surface area contributed by atoms with Crippen LogP contribution < -0.4 is 5.56 Å².